The van der Waals surface area contributed by atoms with Gasteiger partial charge in [0.25, 0.3) is 10.0 Å². The van der Waals surface area contributed by atoms with Gasteiger partial charge in [-0.25, -0.2) is 17.6 Å². The first-order chi connectivity index (χ1) is 12.4. The maximum absolute atomic E-state index is 14.0. The van der Waals surface area contributed by atoms with Crippen LogP contribution in [0.15, 0.2) is 47.4 Å². The summed E-state index contributed by atoms with van der Waals surface area (Å²) in [6, 6.07) is 9.62. The van der Waals surface area contributed by atoms with Gasteiger partial charge in [-0.3, -0.25) is 4.31 Å². The molecule has 2 aromatic carbocycles. The zero-order chi connectivity index (χ0) is 19.3. The van der Waals surface area contributed by atoms with Gasteiger partial charge >= 0.3 is 5.97 Å². The van der Waals surface area contributed by atoms with Crippen molar-refractivity contribution in [2.75, 3.05) is 24.6 Å². The van der Waals surface area contributed by atoms with Crippen LogP contribution in [0.2, 0.25) is 0 Å². The van der Waals surface area contributed by atoms with Crippen molar-refractivity contribution >= 4 is 21.7 Å². The first kappa shape index (κ1) is 19.7. The number of ether oxygens (including phenoxy) is 2. The van der Waals surface area contributed by atoms with Gasteiger partial charge in [-0.15, -0.1) is 0 Å². The van der Waals surface area contributed by atoms with Crippen LogP contribution in [0, 0.1) is 5.82 Å². The van der Waals surface area contributed by atoms with E-state index in [1.165, 1.54) is 31.4 Å². The summed E-state index contributed by atoms with van der Waals surface area (Å²) < 4.78 is 50.9. The zero-order valence-corrected chi connectivity index (χ0v) is 15.5. The lowest BCUT2D eigenvalue weighted by atomic mass is 10.2. The topological polar surface area (TPSA) is 72.9 Å². The van der Waals surface area contributed by atoms with E-state index in [0.717, 1.165) is 10.4 Å². The fraction of sp³-hybridized carbons (Fsp3) is 0.278. The largest absolute Gasteiger partial charge is 0.494 e. The highest BCUT2D eigenvalue weighted by Gasteiger charge is 2.28. The molecule has 26 heavy (non-hydrogen) atoms. The van der Waals surface area contributed by atoms with Crippen LogP contribution >= 0.6 is 0 Å². The Balaban J connectivity index is 2.54. The molecule has 0 aliphatic heterocycles. The minimum atomic E-state index is -4.09. The molecule has 140 valence electrons. The highest BCUT2D eigenvalue weighted by Crippen LogP contribution is 2.29. The molecule has 0 atom stereocenters. The molecule has 2 aromatic rings. The molecule has 0 spiro atoms. The molecule has 0 bridgehead atoms. The van der Waals surface area contributed by atoms with E-state index < -0.39 is 21.8 Å². The van der Waals surface area contributed by atoms with E-state index in [1.807, 2.05) is 0 Å². The molecule has 2 rings (SSSR count). The third-order valence-corrected chi connectivity index (χ3v) is 5.55. The second-order valence-electron chi connectivity index (χ2n) is 5.20. The van der Waals surface area contributed by atoms with Crippen molar-refractivity contribution in [1.82, 2.24) is 0 Å². The Bertz CT molecular complexity index is 898. The third kappa shape index (κ3) is 3.80. The molecular weight excluding hydrogens is 361 g/mol. The van der Waals surface area contributed by atoms with Crippen molar-refractivity contribution in [3.63, 3.8) is 0 Å². The summed E-state index contributed by atoms with van der Waals surface area (Å²) in [4.78, 5) is 11.9. The number of carbonyl (C=O) groups excluding carboxylic acids is 1. The standard InChI is InChI=1S/C18H20FNO5S/c1-4-20(16-9-7-6-8-14(16)18(21)25-5-2)26(22,23)13-10-11-17(24-3)15(19)12-13/h6-12H,4-5H2,1-3H3. The molecule has 0 aliphatic rings. The summed E-state index contributed by atoms with van der Waals surface area (Å²) in [5.41, 5.74) is 0.290. The second kappa shape index (κ2) is 8.18. The van der Waals surface area contributed by atoms with Crippen molar-refractivity contribution in [3.8, 4) is 5.75 Å². The highest BCUT2D eigenvalue weighted by atomic mass is 32.2. The number of rotatable bonds is 7. The van der Waals surface area contributed by atoms with Gasteiger partial charge < -0.3 is 9.47 Å². The van der Waals surface area contributed by atoms with Crippen molar-refractivity contribution in [1.29, 1.82) is 0 Å². The minimum absolute atomic E-state index is 0.0480. The van der Waals surface area contributed by atoms with Crippen molar-refractivity contribution in [2.45, 2.75) is 18.7 Å². The number of carbonyl (C=O) groups is 1. The molecule has 8 heteroatoms. The number of halogens is 1. The van der Waals surface area contributed by atoms with Crippen LogP contribution in [0.25, 0.3) is 0 Å². The number of hydrogen-bond donors (Lipinski definition) is 0. The molecule has 0 radical (unpaired) electrons. The Morgan fingerprint density at radius 2 is 1.85 bits per heavy atom. The van der Waals surface area contributed by atoms with Gasteiger partial charge in [-0.05, 0) is 44.2 Å². The van der Waals surface area contributed by atoms with Crippen molar-refractivity contribution in [2.24, 2.45) is 0 Å². The Morgan fingerprint density at radius 1 is 1.15 bits per heavy atom. The number of anilines is 1. The lowest BCUT2D eigenvalue weighted by molar-refractivity contribution is 0.0527. The van der Waals surface area contributed by atoms with E-state index in [-0.39, 0.29) is 35.0 Å². The third-order valence-electron chi connectivity index (χ3n) is 3.67. The van der Waals surface area contributed by atoms with Crippen LogP contribution in [-0.4, -0.2) is 34.6 Å². The van der Waals surface area contributed by atoms with E-state index in [2.05, 4.69) is 0 Å². The van der Waals surface area contributed by atoms with Gasteiger partial charge in [0.05, 0.1) is 29.9 Å². The molecular formula is C18H20FNO5S. The predicted octanol–water partition coefficient (Wildman–Crippen LogP) is 3.23. The van der Waals surface area contributed by atoms with Crippen LogP contribution in [0.3, 0.4) is 0 Å². The minimum Gasteiger partial charge on any atom is -0.494 e. The number of methoxy groups -OCH3 is 1. The maximum atomic E-state index is 14.0. The van der Waals surface area contributed by atoms with E-state index >= 15 is 0 Å². The van der Waals surface area contributed by atoms with E-state index in [1.54, 1.807) is 26.0 Å². The fourth-order valence-corrected chi connectivity index (χ4v) is 3.98. The molecule has 0 fully saturated rings. The van der Waals surface area contributed by atoms with Crippen LogP contribution in [0.4, 0.5) is 10.1 Å². The fourth-order valence-electron chi connectivity index (χ4n) is 2.48. The van der Waals surface area contributed by atoms with Crippen LogP contribution in [0.5, 0.6) is 5.75 Å². The smallest absolute Gasteiger partial charge is 0.340 e. The maximum Gasteiger partial charge on any atom is 0.340 e. The summed E-state index contributed by atoms with van der Waals surface area (Å²) in [7, 11) is -2.80. The Labute approximate surface area is 152 Å². The van der Waals surface area contributed by atoms with Crippen LogP contribution < -0.4 is 9.04 Å². The first-order valence-electron chi connectivity index (χ1n) is 7.99. The Morgan fingerprint density at radius 3 is 2.42 bits per heavy atom. The summed E-state index contributed by atoms with van der Waals surface area (Å²) in [6.45, 7) is 3.50. The Kier molecular flexibility index (Phi) is 6.20. The van der Waals surface area contributed by atoms with Crippen molar-refractivity contribution in [3.05, 3.63) is 53.8 Å². The second-order valence-corrected chi connectivity index (χ2v) is 7.07. The lowest BCUT2D eigenvalue weighted by Gasteiger charge is -2.25. The lowest BCUT2D eigenvalue weighted by Crippen LogP contribution is -2.32. The van der Waals surface area contributed by atoms with E-state index in [9.17, 15) is 17.6 Å². The molecule has 0 amide bonds. The molecule has 0 unspecified atom stereocenters. The van der Waals surface area contributed by atoms with Gasteiger partial charge in [0.15, 0.2) is 11.6 Å². The number of sulfonamides is 1. The molecule has 0 aliphatic carbocycles. The molecule has 6 nitrogen and oxygen atoms in total. The normalized spacial score (nSPS) is 11.1. The van der Waals surface area contributed by atoms with Gasteiger partial charge in [-0.2, -0.15) is 0 Å². The quantitative estimate of drug-likeness (QED) is 0.689. The average Bonchev–Trinajstić information content (AvgIpc) is 2.62. The number of hydrogen-bond acceptors (Lipinski definition) is 5. The van der Waals surface area contributed by atoms with E-state index in [4.69, 9.17) is 9.47 Å². The summed E-state index contributed by atoms with van der Waals surface area (Å²) in [5.74, 6) is -1.47. The van der Waals surface area contributed by atoms with Crippen molar-refractivity contribution < 1.29 is 27.1 Å². The predicted molar refractivity (Wildman–Crippen MR) is 95.6 cm³/mol. The first-order valence-corrected chi connectivity index (χ1v) is 9.43. The summed E-state index contributed by atoms with van der Waals surface area (Å²) in [6.07, 6.45) is 0. The average molecular weight is 381 g/mol. The van der Waals surface area contributed by atoms with Crippen LogP contribution in [-0.2, 0) is 14.8 Å². The van der Waals surface area contributed by atoms with Crippen LogP contribution in [0.1, 0.15) is 24.2 Å². The molecule has 0 aromatic heterocycles. The Hall–Kier alpha value is -2.61. The summed E-state index contributed by atoms with van der Waals surface area (Å²) in [5, 5.41) is 0. The van der Waals surface area contributed by atoms with Gasteiger partial charge in [0, 0.05) is 6.54 Å². The monoisotopic (exact) mass is 381 g/mol. The SMILES string of the molecule is CCOC(=O)c1ccccc1N(CC)S(=O)(=O)c1ccc(OC)c(F)c1. The van der Waals surface area contributed by atoms with Gasteiger partial charge in [-0.1, -0.05) is 12.1 Å². The van der Waals surface area contributed by atoms with Gasteiger partial charge in [0.2, 0.25) is 0 Å². The molecule has 0 N–H and O–H groups in total. The van der Waals surface area contributed by atoms with Gasteiger partial charge in [0.1, 0.15) is 0 Å². The number of nitrogens with zero attached hydrogens (tertiary/aromatic N) is 1. The highest BCUT2D eigenvalue weighted by molar-refractivity contribution is 7.92. The summed E-state index contributed by atoms with van der Waals surface area (Å²) >= 11 is 0. The number of para-hydroxylation sites is 1. The molecule has 0 heterocycles. The molecule has 0 saturated heterocycles. The number of esters is 1. The zero-order valence-electron chi connectivity index (χ0n) is 14.7. The van der Waals surface area contributed by atoms with E-state index in [0.29, 0.717) is 0 Å². The molecule has 0 saturated carbocycles. The number of benzene rings is 2.